The third-order valence-corrected chi connectivity index (χ3v) is 5.85. The highest BCUT2D eigenvalue weighted by molar-refractivity contribution is 6.06. The lowest BCUT2D eigenvalue weighted by Gasteiger charge is -2.22. The van der Waals surface area contributed by atoms with Gasteiger partial charge in [0.15, 0.2) is 5.82 Å². The van der Waals surface area contributed by atoms with Gasteiger partial charge in [-0.15, -0.1) is 0 Å². The van der Waals surface area contributed by atoms with Gasteiger partial charge in [0.2, 0.25) is 5.91 Å². The number of rotatable bonds is 9. The minimum absolute atomic E-state index is 0.0257. The number of methoxy groups -OCH3 is 2. The molecule has 0 aliphatic carbocycles. The number of hydrogen-bond donors (Lipinski definition) is 1. The van der Waals surface area contributed by atoms with E-state index in [2.05, 4.69) is 14.5 Å². The summed E-state index contributed by atoms with van der Waals surface area (Å²) in [6, 6.07) is 13.6. The Morgan fingerprint density at radius 2 is 1.94 bits per heavy atom. The van der Waals surface area contributed by atoms with Crippen molar-refractivity contribution in [3.05, 3.63) is 54.4 Å². The number of nitrogens with two attached hydrogens (primary N) is 1. The van der Waals surface area contributed by atoms with Crippen LogP contribution in [0.1, 0.15) is 25.3 Å². The lowest BCUT2D eigenvalue weighted by atomic mass is 10.1. The Bertz CT molecular complexity index is 1280. The Morgan fingerprint density at radius 1 is 1.12 bits per heavy atom. The van der Waals surface area contributed by atoms with Crippen molar-refractivity contribution in [1.29, 1.82) is 0 Å². The SMILES string of the molecule is COc1ccc(OC)c(CN(CCCCn2cnc3c(N)nc4ccccc4c32)C(C)=O)c1. The molecule has 0 atom stereocenters. The molecule has 0 fully saturated rings. The monoisotopic (exact) mass is 447 g/mol. The third kappa shape index (κ3) is 4.69. The Labute approximate surface area is 192 Å². The fraction of sp³-hybridized carbons (Fsp3) is 0.320. The highest BCUT2D eigenvalue weighted by atomic mass is 16.5. The lowest BCUT2D eigenvalue weighted by molar-refractivity contribution is -0.129. The Morgan fingerprint density at radius 3 is 2.70 bits per heavy atom. The summed E-state index contributed by atoms with van der Waals surface area (Å²) in [7, 11) is 3.26. The molecule has 1 amide bonds. The molecule has 0 unspecified atom stereocenters. The first-order chi connectivity index (χ1) is 16.0. The minimum Gasteiger partial charge on any atom is -0.497 e. The first-order valence-electron chi connectivity index (χ1n) is 11.0. The van der Waals surface area contributed by atoms with Crippen LogP contribution in [0.4, 0.5) is 5.82 Å². The van der Waals surface area contributed by atoms with Crippen LogP contribution >= 0.6 is 0 Å². The second-order valence-electron chi connectivity index (χ2n) is 7.97. The Hall–Kier alpha value is -3.81. The van der Waals surface area contributed by atoms with Crippen LogP contribution in [0.3, 0.4) is 0 Å². The zero-order chi connectivity index (χ0) is 23.4. The molecule has 0 spiro atoms. The highest BCUT2D eigenvalue weighted by Crippen LogP contribution is 2.28. The molecule has 2 heterocycles. The predicted molar refractivity (Wildman–Crippen MR) is 129 cm³/mol. The van der Waals surface area contributed by atoms with Crippen LogP contribution < -0.4 is 15.2 Å². The molecular formula is C25H29N5O3. The van der Waals surface area contributed by atoms with Crippen molar-refractivity contribution in [1.82, 2.24) is 19.4 Å². The average molecular weight is 448 g/mol. The number of aromatic nitrogens is 3. The standard InChI is InChI=1S/C25H29N5O3/c1-17(31)29(15-18-14-19(32-2)10-11-22(18)33-3)12-6-7-13-30-16-27-23-24(30)20-8-4-5-9-21(20)28-25(23)26/h4-5,8-11,14,16H,6-7,12-13,15H2,1-3H3,(H2,26,28). The van der Waals surface area contributed by atoms with Crippen molar-refractivity contribution in [2.45, 2.75) is 32.9 Å². The van der Waals surface area contributed by atoms with Gasteiger partial charge in [-0.3, -0.25) is 4.79 Å². The second-order valence-corrected chi connectivity index (χ2v) is 7.97. The second kappa shape index (κ2) is 9.77. The third-order valence-electron chi connectivity index (χ3n) is 5.85. The van der Waals surface area contributed by atoms with Gasteiger partial charge in [-0.05, 0) is 37.1 Å². The number of aryl methyl sites for hydroxylation is 1. The molecule has 33 heavy (non-hydrogen) atoms. The van der Waals surface area contributed by atoms with Gasteiger partial charge in [0.25, 0.3) is 0 Å². The van der Waals surface area contributed by atoms with E-state index < -0.39 is 0 Å². The number of benzene rings is 2. The van der Waals surface area contributed by atoms with Crippen molar-refractivity contribution in [3.63, 3.8) is 0 Å². The molecule has 2 aromatic heterocycles. The van der Waals surface area contributed by atoms with E-state index in [1.807, 2.05) is 53.7 Å². The summed E-state index contributed by atoms with van der Waals surface area (Å²) in [6.45, 7) is 3.49. The van der Waals surface area contributed by atoms with Crippen molar-refractivity contribution in [2.75, 3.05) is 26.5 Å². The molecule has 4 aromatic rings. The lowest BCUT2D eigenvalue weighted by Crippen LogP contribution is -2.29. The number of nitrogens with zero attached hydrogens (tertiary/aromatic N) is 4. The number of pyridine rings is 1. The molecule has 2 aromatic carbocycles. The summed E-state index contributed by atoms with van der Waals surface area (Å²) in [4.78, 5) is 23.1. The largest absolute Gasteiger partial charge is 0.497 e. The van der Waals surface area contributed by atoms with Crippen LogP contribution in [-0.4, -0.2) is 46.1 Å². The molecule has 0 saturated heterocycles. The molecular weight excluding hydrogens is 418 g/mol. The first-order valence-corrected chi connectivity index (χ1v) is 11.0. The van der Waals surface area contributed by atoms with Gasteiger partial charge < -0.3 is 24.7 Å². The van der Waals surface area contributed by atoms with Crippen molar-refractivity contribution >= 4 is 33.7 Å². The number of fused-ring (bicyclic) bond motifs is 3. The number of unbranched alkanes of at least 4 members (excludes halogenated alkanes) is 1. The maximum atomic E-state index is 12.3. The number of carbonyl (C=O) groups is 1. The maximum Gasteiger partial charge on any atom is 0.219 e. The molecule has 4 rings (SSSR count). The summed E-state index contributed by atoms with van der Waals surface area (Å²) in [5.74, 6) is 1.95. The van der Waals surface area contributed by atoms with Gasteiger partial charge in [-0.2, -0.15) is 0 Å². The zero-order valence-corrected chi connectivity index (χ0v) is 19.2. The van der Waals surface area contributed by atoms with E-state index in [9.17, 15) is 4.79 Å². The number of amides is 1. The molecule has 0 bridgehead atoms. The summed E-state index contributed by atoms with van der Waals surface area (Å²) in [6.07, 6.45) is 3.56. The number of para-hydroxylation sites is 1. The fourth-order valence-electron chi connectivity index (χ4n) is 4.12. The highest BCUT2D eigenvalue weighted by Gasteiger charge is 2.15. The number of imidazole rings is 1. The van der Waals surface area contributed by atoms with E-state index >= 15 is 0 Å². The van der Waals surface area contributed by atoms with Gasteiger partial charge in [-0.25, -0.2) is 9.97 Å². The normalized spacial score (nSPS) is 11.1. The number of anilines is 1. The van der Waals surface area contributed by atoms with Gasteiger partial charge in [0.1, 0.15) is 17.0 Å². The summed E-state index contributed by atoms with van der Waals surface area (Å²) in [5, 5.41) is 1.04. The van der Waals surface area contributed by atoms with Gasteiger partial charge in [0, 0.05) is 37.5 Å². The number of ether oxygens (including phenoxy) is 2. The van der Waals surface area contributed by atoms with Crippen LogP contribution in [0.15, 0.2) is 48.8 Å². The van der Waals surface area contributed by atoms with Crippen molar-refractivity contribution in [3.8, 4) is 11.5 Å². The predicted octanol–water partition coefficient (Wildman–Crippen LogP) is 4.01. The number of carbonyl (C=O) groups excluding carboxylic acids is 1. The van der Waals surface area contributed by atoms with Crippen molar-refractivity contribution in [2.24, 2.45) is 0 Å². The quantitative estimate of drug-likeness (QED) is 0.390. The van der Waals surface area contributed by atoms with E-state index in [4.69, 9.17) is 15.2 Å². The molecule has 8 nitrogen and oxygen atoms in total. The Balaban J connectivity index is 1.45. The summed E-state index contributed by atoms with van der Waals surface area (Å²) >= 11 is 0. The van der Waals surface area contributed by atoms with E-state index in [1.54, 1.807) is 21.1 Å². The van der Waals surface area contributed by atoms with E-state index in [0.717, 1.165) is 58.4 Å². The van der Waals surface area contributed by atoms with Crippen LogP contribution in [0.5, 0.6) is 11.5 Å². The van der Waals surface area contributed by atoms with Crippen LogP contribution in [0, 0.1) is 0 Å². The minimum atomic E-state index is 0.0257. The molecule has 8 heteroatoms. The molecule has 0 aliphatic heterocycles. The van der Waals surface area contributed by atoms with Crippen LogP contribution in [0.2, 0.25) is 0 Å². The maximum absolute atomic E-state index is 12.3. The fourth-order valence-corrected chi connectivity index (χ4v) is 4.12. The average Bonchev–Trinajstić information content (AvgIpc) is 3.25. The molecule has 0 aliphatic rings. The zero-order valence-electron chi connectivity index (χ0n) is 19.2. The van der Waals surface area contributed by atoms with Crippen LogP contribution in [0.25, 0.3) is 21.9 Å². The van der Waals surface area contributed by atoms with E-state index in [0.29, 0.717) is 18.9 Å². The molecule has 172 valence electrons. The van der Waals surface area contributed by atoms with E-state index in [-0.39, 0.29) is 5.91 Å². The van der Waals surface area contributed by atoms with E-state index in [1.165, 1.54) is 0 Å². The molecule has 0 saturated carbocycles. The summed E-state index contributed by atoms with van der Waals surface area (Å²) in [5.41, 5.74) is 9.64. The number of hydrogen-bond acceptors (Lipinski definition) is 6. The smallest absolute Gasteiger partial charge is 0.219 e. The van der Waals surface area contributed by atoms with Crippen molar-refractivity contribution < 1.29 is 14.3 Å². The topological polar surface area (TPSA) is 95.5 Å². The van der Waals surface area contributed by atoms with Gasteiger partial charge in [-0.1, -0.05) is 18.2 Å². The molecule has 2 N–H and O–H groups in total. The summed E-state index contributed by atoms with van der Waals surface area (Å²) < 4.78 is 12.9. The Kier molecular flexibility index (Phi) is 6.63. The number of nitrogen functional groups attached to an aromatic ring is 1. The first kappa shape index (κ1) is 22.4. The molecule has 0 radical (unpaired) electrons. The van der Waals surface area contributed by atoms with Crippen LogP contribution in [-0.2, 0) is 17.9 Å². The van der Waals surface area contributed by atoms with Gasteiger partial charge >= 0.3 is 0 Å². The van der Waals surface area contributed by atoms with Gasteiger partial charge in [0.05, 0.1) is 31.6 Å².